The average molecular weight is 410 g/mol. The minimum Gasteiger partial charge on any atom is -0.444 e. The van der Waals surface area contributed by atoms with Gasteiger partial charge < -0.3 is 14.6 Å². The summed E-state index contributed by atoms with van der Waals surface area (Å²) >= 11 is 0. The highest BCUT2D eigenvalue weighted by molar-refractivity contribution is 5.80. The molecule has 0 spiro atoms. The molecule has 0 aliphatic carbocycles. The molecular formula is C24H35N5O. The molecular weight excluding hydrogens is 374 g/mol. The lowest BCUT2D eigenvalue weighted by atomic mass is 9.97. The predicted molar refractivity (Wildman–Crippen MR) is 121 cm³/mol. The Hall–Kier alpha value is -2.34. The molecule has 3 heterocycles. The van der Waals surface area contributed by atoms with E-state index in [1.807, 2.05) is 20.9 Å². The summed E-state index contributed by atoms with van der Waals surface area (Å²) in [6, 6.07) is 10.9. The lowest BCUT2D eigenvalue weighted by Gasteiger charge is -2.32. The summed E-state index contributed by atoms with van der Waals surface area (Å²) in [4.78, 5) is 14.0. The first-order valence-electron chi connectivity index (χ1n) is 11.3. The first-order chi connectivity index (χ1) is 14.6. The van der Waals surface area contributed by atoms with Crippen LogP contribution in [0, 0.1) is 19.8 Å². The molecule has 4 rings (SSSR count). The summed E-state index contributed by atoms with van der Waals surface area (Å²) in [5.74, 6) is 4.14. The molecule has 0 radical (unpaired) electrons. The number of nitrogens with zero attached hydrogens (tertiary/aromatic N) is 4. The van der Waals surface area contributed by atoms with Crippen molar-refractivity contribution >= 4 is 5.96 Å². The molecule has 0 saturated carbocycles. The van der Waals surface area contributed by atoms with E-state index in [4.69, 9.17) is 4.42 Å². The van der Waals surface area contributed by atoms with E-state index in [1.165, 1.54) is 24.8 Å². The van der Waals surface area contributed by atoms with E-state index >= 15 is 0 Å². The first-order valence-corrected chi connectivity index (χ1v) is 11.3. The van der Waals surface area contributed by atoms with Gasteiger partial charge in [-0.15, -0.1) is 0 Å². The van der Waals surface area contributed by atoms with Crippen LogP contribution in [-0.4, -0.2) is 60.5 Å². The monoisotopic (exact) mass is 409 g/mol. The van der Waals surface area contributed by atoms with E-state index in [0.717, 1.165) is 62.6 Å². The molecule has 2 aromatic rings. The van der Waals surface area contributed by atoms with Crippen LogP contribution in [0.5, 0.6) is 0 Å². The number of hydrogen-bond acceptors (Lipinski definition) is 4. The number of nitrogens with one attached hydrogen (secondary N) is 1. The largest absolute Gasteiger partial charge is 0.444 e. The zero-order valence-corrected chi connectivity index (χ0v) is 18.6. The van der Waals surface area contributed by atoms with Gasteiger partial charge in [0, 0.05) is 32.6 Å². The van der Waals surface area contributed by atoms with Gasteiger partial charge in [-0.25, -0.2) is 4.98 Å². The van der Waals surface area contributed by atoms with Crippen LogP contribution in [0.15, 0.2) is 39.7 Å². The van der Waals surface area contributed by atoms with Crippen LogP contribution in [0.25, 0.3) is 0 Å². The molecule has 0 bridgehead atoms. The van der Waals surface area contributed by atoms with Crippen molar-refractivity contribution in [2.24, 2.45) is 10.9 Å². The van der Waals surface area contributed by atoms with Gasteiger partial charge in [0.05, 0.1) is 12.2 Å². The zero-order chi connectivity index (χ0) is 20.9. The van der Waals surface area contributed by atoms with Gasteiger partial charge in [0.1, 0.15) is 5.76 Å². The van der Waals surface area contributed by atoms with Crippen LogP contribution in [-0.2, 0) is 6.54 Å². The quantitative estimate of drug-likeness (QED) is 0.604. The summed E-state index contributed by atoms with van der Waals surface area (Å²) in [5.41, 5.74) is 2.45. The molecule has 1 atom stereocenters. The molecule has 1 aromatic carbocycles. The second kappa shape index (κ2) is 9.65. The minimum atomic E-state index is 0.607. The van der Waals surface area contributed by atoms with Crippen molar-refractivity contribution in [1.29, 1.82) is 0 Å². The average Bonchev–Trinajstić information content (AvgIpc) is 3.37. The molecule has 1 unspecified atom stereocenters. The standard InChI is InChI=1S/C24H35N5O/c1-18-19(2)30-23(27-18)17-28-12-9-20(10-13-28)15-26-24(25-3)29-14-11-22(16-29)21-7-5-4-6-8-21/h4-8,20,22H,9-17H2,1-3H3,(H,25,26). The molecule has 6 heteroatoms. The number of oxazole rings is 1. The summed E-state index contributed by atoms with van der Waals surface area (Å²) < 4.78 is 5.75. The van der Waals surface area contributed by atoms with E-state index in [0.29, 0.717) is 11.8 Å². The van der Waals surface area contributed by atoms with Gasteiger partial charge in [-0.1, -0.05) is 30.3 Å². The number of hydrogen-bond donors (Lipinski definition) is 1. The van der Waals surface area contributed by atoms with E-state index in [-0.39, 0.29) is 0 Å². The molecule has 1 N–H and O–H groups in total. The first kappa shape index (κ1) is 20.9. The van der Waals surface area contributed by atoms with Gasteiger partial charge >= 0.3 is 0 Å². The smallest absolute Gasteiger partial charge is 0.208 e. The second-order valence-electron chi connectivity index (χ2n) is 8.74. The Bertz CT molecular complexity index is 819. The van der Waals surface area contributed by atoms with Crippen molar-refractivity contribution in [3.05, 3.63) is 53.2 Å². The number of piperidine rings is 1. The summed E-state index contributed by atoms with van der Waals surface area (Å²) in [6.07, 6.45) is 3.60. The van der Waals surface area contributed by atoms with Crippen molar-refractivity contribution in [1.82, 2.24) is 20.1 Å². The number of aliphatic imine (C=N–C) groups is 1. The highest BCUT2D eigenvalue weighted by Gasteiger charge is 2.27. The maximum absolute atomic E-state index is 5.75. The second-order valence-corrected chi connectivity index (χ2v) is 8.74. The molecule has 162 valence electrons. The SMILES string of the molecule is CN=C(NCC1CCN(Cc2nc(C)c(C)o2)CC1)N1CCC(c2ccccc2)C1. The fourth-order valence-corrected chi connectivity index (χ4v) is 4.66. The Morgan fingerprint density at radius 1 is 1.13 bits per heavy atom. The van der Waals surface area contributed by atoms with Crippen molar-refractivity contribution in [2.45, 2.75) is 45.6 Å². The van der Waals surface area contributed by atoms with E-state index in [9.17, 15) is 0 Å². The third kappa shape index (κ3) is 5.04. The molecule has 1 aromatic heterocycles. The molecule has 2 aliphatic heterocycles. The number of guanidine groups is 1. The Morgan fingerprint density at radius 2 is 1.90 bits per heavy atom. The van der Waals surface area contributed by atoms with E-state index < -0.39 is 0 Å². The van der Waals surface area contributed by atoms with Gasteiger partial charge in [0.2, 0.25) is 5.89 Å². The Morgan fingerprint density at radius 3 is 2.57 bits per heavy atom. The zero-order valence-electron chi connectivity index (χ0n) is 18.6. The fraction of sp³-hybridized carbons (Fsp3) is 0.583. The summed E-state index contributed by atoms with van der Waals surface area (Å²) in [7, 11) is 1.90. The predicted octanol–water partition coefficient (Wildman–Crippen LogP) is 3.57. The van der Waals surface area contributed by atoms with Gasteiger partial charge in [-0.05, 0) is 57.7 Å². The van der Waals surface area contributed by atoms with Gasteiger partial charge in [0.15, 0.2) is 5.96 Å². The topological polar surface area (TPSA) is 56.9 Å². The van der Waals surface area contributed by atoms with Crippen molar-refractivity contribution in [2.75, 3.05) is 39.8 Å². The lowest BCUT2D eigenvalue weighted by Crippen LogP contribution is -2.44. The third-order valence-corrected chi connectivity index (χ3v) is 6.66. The number of aromatic nitrogens is 1. The summed E-state index contributed by atoms with van der Waals surface area (Å²) in [6.45, 7) is 10.2. The van der Waals surface area contributed by atoms with Gasteiger partial charge in [-0.3, -0.25) is 9.89 Å². The maximum Gasteiger partial charge on any atom is 0.208 e. The minimum absolute atomic E-state index is 0.607. The number of benzene rings is 1. The van der Waals surface area contributed by atoms with E-state index in [1.54, 1.807) is 0 Å². The van der Waals surface area contributed by atoms with Crippen LogP contribution in [0.4, 0.5) is 0 Å². The molecule has 2 saturated heterocycles. The van der Waals surface area contributed by atoms with Crippen molar-refractivity contribution < 1.29 is 4.42 Å². The fourth-order valence-electron chi connectivity index (χ4n) is 4.66. The Labute approximate surface area is 180 Å². The number of likely N-dealkylation sites (tertiary alicyclic amines) is 2. The molecule has 30 heavy (non-hydrogen) atoms. The Balaban J connectivity index is 1.21. The molecule has 6 nitrogen and oxygen atoms in total. The van der Waals surface area contributed by atoms with Crippen molar-refractivity contribution in [3.8, 4) is 0 Å². The molecule has 2 fully saturated rings. The lowest BCUT2D eigenvalue weighted by molar-refractivity contribution is 0.163. The highest BCUT2D eigenvalue weighted by Crippen LogP contribution is 2.27. The molecule has 2 aliphatic rings. The van der Waals surface area contributed by atoms with Crippen LogP contribution in [0.2, 0.25) is 0 Å². The van der Waals surface area contributed by atoms with Crippen molar-refractivity contribution in [3.63, 3.8) is 0 Å². The summed E-state index contributed by atoms with van der Waals surface area (Å²) in [5, 5.41) is 3.65. The van der Waals surface area contributed by atoms with Gasteiger partial charge in [-0.2, -0.15) is 0 Å². The van der Waals surface area contributed by atoms with Crippen LogP contribution in [0.1, 0.15) is 48.1 Å². The maximum atomic E-state index is 5.75. The van der Waals surface area contributed by atoms with Gasteiger partial charge in [0.25, 0.3) is 0 Å². The van der Waals surface area contributed by atoms with Crippen LogP contribution in [0.3, 0.4) is 0 Å². The normalized spacial score (nSPS) is 21.4. The van der Waals surface area contributed by atoms with Crippen LogP contribution < -0.4 is 5.32 Å². The number of rotatable bonds is 5. The third-order valence-electron chi connectivity index (χ3n) is 6.66. The number of aryl methyl sites for hydroxylation is 2. The van der Waals surface area contributed by atoms with Crippen LogP contribution >= 0.6 is 0 Å². The Kier molecular flexibility index (Phi) is 6.72. The molecule has 0 amide bonds. The van der Waals surface area contributed by atoms with E-state index in [2.05, 4.69) is 55.4 Å². The highest BCUT2D eigenvalue weighted by atomic mass is 16.4.